The number of nitrogens with zero attached hydrogens (tertiary/aromatic N) is 3. The average molecular weight is 351 g/mol. The van der Waals surface area contributed by atoms with E-state index in [2.05, 4.69) is 20.7 Å². The van der Waals surface area contributed by atoms with E-state index in [9.17, 15) is 4.79 Å². The first-order valence-electron chi connectivity index (χ1n) is 7.69. The molecule has 1 aliphatic heterocycles. The van der Waals surface area contributed by atoms with Crippen LogP contribution >= 0.6 is 11.3 Å². The molecule has 0 saturated carbocycles. The largest absolute Gasteiger partial charge is 0.484 e. The molecule has 3 rings (SSSR count). The molecule has 3 heterocycles. The fourth-order valence-electron chi connectivity index (χ4n) is 2.29. The number of thiazole rings is 1. The summed E-state index contributed by atoms with van der Waals surface area (Å²) in [6.07, 6.45) is 1.28. The van der Waals surface area contributed by atoms with Crippen molar-refractivity contribution in [1.82, 2.24) is 20.1 Å². The van der Waals surface area contributed by atoms with Crippen molar-refractivity contribution in [2.75, 3.05) is 18.4 Å². The van der Waals surface area contributed by atoms with Crippen molar-refractivity contribution in [3.05, 3.63) is 11.1 Å². The Morgan fingerprint density at radius 3 is 3.00 bits per heavy atom. The number of aromatic nitrogens is 3. The Kier molecular flexibility index (Phi) is 4.35. The van der Waals surface area contributed by atoms with Crippen LogP contribution in [0.25, 0.3) is 11.4 Å². The molecule has 130 valence electrons. The number of fused-ring (bicyclic) bond motifs is 3. The number of rotatable bonds is 4. The van der Waals surface area contributed by atoms with E-state index in [1.54, 1.807) is 22.2 Å². The highest BCUT2D eigenvalue weighted by molar-refractivity contribution is 7.16. The van der Waals surface area contributed by atoms with Gasteiger partial charge in [-0.05, 0) is 20.8 Å². The lowest BCUT2D eigenvalue weighted by Gasteiger charge is -2.19. The molecule has 9 heteroatoms. The molecule has 2 N–H and O–H groups in total. The van der Waals surface area contributed by atoms with Crippen molar-refractivity contribution in [2.24, 2.45) is 7.05 Å². The van der Waals surface area contributed by atoms with Crippen molar-refractivity contribution in [2.45, 2.75) is 33.0 Å². The Morgan fingerprint density at radius 2 is 2.25 bits per heavy atom. The zero-order chi connectivity index (χ0) is 17.3. The summed E-state index contributed by atoms with van der Waals surface area (Å²) in [7, 11) is 1.87. The number of nitrogens with one attached hydrogen (secondary N) is 2. The van der Waals surface area contributed by atoms with E-state index in [0.29, 0.717) is 19.7 Å². The van der Waals surface area contributed by atoms with Crippen molar-refractivity contribution in [3.63, 3.8) is 0 Å². The predicted molar refractivity (Wildman–Crippen MR) is 91.4 cm³/mol. The third kappa shape index (κ3) is 3.61. The Labute approximate surface area is 144 Å². The SMILES string of the molecule is Cn1ncc2c1-c1nc(NCCNC(=O)OC(C)(C)C)sc1CO2. The van der Waals surface area contributed by atoms with Gasteiger partial charge >= 0.3 is 6.09 Å². The van der Waals surface area contributed by atoms with Gasteiger partial charge in [-0.3, -0.25) is 4.68 Å². The number of carbonyl (C=O) groups is 1. The Balaban J connectivity index is 1.54. The normalized spacial score (nSPS) is 12.8. The van der Waals surface area contributed by atoms with Crippen LogP contribution in [-0.2, 0) is 18.4 Å². The first-order valence-corrected chi connectivity index (χ1v) is 8.51. The molecule has 0 saturated heterocycles. The van der Waals surface area contributed by atoms with Gasteiger partial charge in [-0.1, -0.05) is 11.3 Å². The number of hydrogen-bond acceptors (Lipinski definition) is 7. The number of alkyl carbamates (subject to hydrolysis) is 1. The molecule has 0 spiro atoms. The number of carbonyl (C=O) groups excluding carboxylic acids is 1. The van der Waals surface area contributed by atoms with Crippen LogP contribution in [0, 0.1) is 0 Å². The van der Waals surface area contributed by atoms with Crippen LogP contribution in [0.1, 0.15) is 25.6 Å². The third-order valence-electron chi connectivity index (χ3n) is 3.26. The van der Waals surface area contributed by atoms with Crippen LogP contribution in [0.4, 0.5) is 9.93 Å². The van der Waals surface area contributed by atoms with Crippen molar-refractivity contribution < 1.29 is 14.3 Å². The van der Waals surface area contributed by atoms with E-state index in [1.165, 1.54) is 0 Å². The maximum atomic E-state index is 11.6. The van der Waals surface area contributed by atoms with Gasteiger partial charge in [0, 0.05) is 20.1 Å². The molecule has 24 heavy (non-hydrogen) atoms. The van der Waals surface area contributed by atoms with Gasteiger partial charge in [-0.2, -0.15) is 5.10 Å². The van der Waals surface area contributed by atoms with Gasteiger partial charge in [0.2, 0.25) is 0 Å². The molecule has 2 aromatic heterocycles. The second kappa shape index (κ2) is 6.31. The molecule has 0 fully saturated rings. The van der Waals surface area contributed by atoms with Gasteiger partial charge < -0.3 is 20.1 Å². The summed E-state index contributed by atoms with van der Waals surface area (Å²) < 4.78 is 12.6. The molecular formula is C15H21N5O3S. The van der Waals surface area contributed by atoms with Crippen LogP contribution in [0.15, 0.2) is 6.20 Å². The molecular weight excluding hydrogens is 330 g/mol. The monoisotopic (exact) mass is 351 g/mol. The number of ether oxygens (including phenoxy) is 2. The first-order chi connectivity index (χ1) is 11.3. The minimum atomic E-state index is -0.493. The van der Waals surface area contributed by atoms with E-state index < -0.39 is 11.7 Å². The topological polar surface area (TPSA) is 90.3 Å². The van der Waals surface area contributed by atoms with Gasteiger partial charge in [0.15, 0.2) is 10.9 Å². The third-order valence-corrected chi connectivity index (χ3v) is 4.24. The molecule has 8 nitrogen and oxygen atoms in total. The lowest BCUT2D eigenvalue weighted by Crippen LogP contribution is -2.34. The molecule has 2 aromatic rings. The predicted octanol–water partition coefficient (Wildman–Crippen LogP) is 2.37. The van der Waals surface area contributed by atoms with Gasteiger partial charge in [0.1, 0.15) is 23.6 Å². The average Bonchev–Trinajstić information content (AvgIpc) is 3.05. The summed E-state index contributed by atoms with van der Waals surface area (Å²) in [6.45, 7) is 7.01. The zero-order valence-corrected chi connectivity index (χ0v) is 15.0. The number of amides is 1. The van der Waals surface area contributed by atoms with E-state index in [1.807, 2.05) is 27.8 Å². The van der Waals surface area contributed by atoms with E-state index in [4.69, 9.17) is 9.47 Å². The van der Waals surface area contributed by atoms with Crippen molar-refractivity contribution in [1.29, 1.82) is 0 Å². The molecule has 0 bridgehead atoms. The fraction of sp³-hybridized carbons (Fsp3) is 0.533. The second-order valence-corrected chi connectivity index (χ2v) is 7.50. The van der Waals surface area contributed by atoms with Crippen LogP contribution < -0.4 is 15.4 Å². The summed E-state index contributed by atoms with van der Waals surface area (Å²) in [5.74, 6) is 0.758. The molecule has 0 unspecified atom stereocenters. The molecule has 1 aliphatic rings. The smallest absolute Gasteiger partial charge is 0.407 e. The molecule has 0 atom stereocenters. The minimum Gasteiger partial charge on any atom is -0.484 e. The summed E-state index contributed by atoms with van der Waals surface area (Å²) in [4.78, 5) is 17.3. The van der Waals surface area contributed by atoms with Crippen LogP contribution in [0.2, 0.25) is 0 Å². The Bertz CT molecular complexity index is 747. The highest BCUT2D eigenvalue weighted by atomic mass is 32.1. The molecule has 1 amide bonds. The van der Waals surface area contributed by atoms with E-state index >= 15 is 0 Å². The lowest BCUT2D eigenvalue weighted by molar-refractivity contribution is 0.0530. The summed E-state index contributed by atoms with van der Waals surface area (Å²) in [5.41, 5.74) is 1.31. The number of aryl methyl sites for hydroxylation is 1. The van der Waals surface area contributed by atoms with Crippen LogP contribution in [-0.4, -0.2) is 39.5 Å². The van der Waals surface area contributed by atoms with Crippen molar-refractivity contribution >= 4 is 22.6 Å². The molecule has 0 aromatic carbocycles. The van der Waals surface area contributed by atoms with Crippen molar-refractivity contribution in [3.8, 4) is 17.1 Å². The lowest BCUT2D eigenvalue weighted by atomic mass is 10.2. The molecule has 0 aliphatic carbocycles. The number of hydrogen-bond donors (Lipinski definition) is 2. The first kappa shape index (κ1) is 16.6. The highest BCUT2D eigenvalue weighted by Crippen LogP contribution is 2.40. The van der Waals surface area contributed by atoms with E-state index in [0.717, 1.165) is 27.1 Å². The standard InChI is InChI=1S/C15H21N5O3S/c1-15(2,3)23-14(21)17-6-5-16-13-19-11-10(24-13)8-22-9-7-18-20(4)12(9)11/h7H,5-6,8H2,1-4H3,(H,16,19)(H,17,21). The minimum absolute atomic E-state index is 0.421. The molecule has 0 radical (unpaired) electrons. The summed E-state index contributed by atoms with van der Waals surface area (Å²) >= 11 is 1.55. The highest BCUT2D eigenvalue weighted by Gasteiger charge is 2.25. The quantitative estimate of drug-likeness (QED) is 0.822. The van der Waals surface area contributed by atoms with Gasteiger partial charge in [-0.15, -0.1) is 0 Å². The maximum Gasteiger partial charge on any atom is 0.407 e. The Morgan fingerprint density at radius 1 is 1.46 bits per heavy atom. The zero-order valence-electron chi connectivity index (χ0n) is 14.2. The van der Waals surface area contributed by atoms with Gasteiger partial charge in [-0.25, -0.2) is 9.78 Å². The van der Waals surface area contributed by atoms with Crippen LogP contribution in [0.5, 0.6) is 5.75 Å². The maximum absolute atomic E-state index is 11.6. The second-order valence-electron chi connectivity index (χ2n) is 6.42. The van der Waals surface area contributed by atoms with Crippen LogP contribution in [0.3, 0.4) is 0 Å². The fourth-order valence-corrected chi connectivity index (χ4v) is 3.20. The van der Waals surface area contributed by atoms with Gasteiger partial charge in [0.05, 0.1) is 11.1 Å². The van der Waals surface area contributed by atoms with E-state index in [-0.39, 0.29) is 0 Å². The Hall–Kier alpha value is -2.29. The summed E-state index contributed by atoms with van der Waals surface area (Å²) in [6, 6.07) is 0. The number of anilines is 1. The summed E-state index contributed by atoms with van der Waals surface area (Å²) in [5, 5.41) is 10.9. The van der Waals surface area contributed by atoms with Gasteiger partial charge in [0.25, 0.3) is 0 Å².